The van der Waals surface area contributed by atoms with Gasteiger partial charge in [0.05, 0.1) is 0 Å². The summed E-state index contributed by atoms with van der Waals surface area (Å²) in [5.41, 5.74) is 0. The molecular formula is H3Cs2O4PW. The molecule has 0 heterocycles. The molecule has 0 saturated carbocycles. The maximum atomic E-state index is 8.65. The first kappa shape index (κ1) is 23.0. The predicted octanol–water partition coefficient (Wildman–Crippen LogP) is -8.55. The molecule has 0 saturated heterocycles. The van der Waals surface area contributed by atoms with E-state index >= 15 is 0 Å². The van der Waals surface area contributed by atoms with E-state index in [1.54, 1.807) is 0 Å². The molecule has 0 spiro atoms. The second kappa shape index (κ2) is 11.7. The molecule has 0 N–H and O–H groups in total. The van der Waals surface area contributed by atoms with Gasteiger partial charge in [0.1, 0.15) is 0 Å². The van der Waals surface area contributed by atoms with Crippen LogP contribution in [0.3, 0.4) is 0 Å². The molecule has 8 heavy (non-hydrogen) atoms. The van der Waals surface area contributed by atoms with Gasteiger partial charge in [-0.1, -0.05) is 0 Å². The van der Waals surface area contributed by atoms with E-state index < -0.39 is 16.7 Å². The van der Waals surface area contributed by atoms with Crippen LogP contribution in [0.4, 0.5) is 0 Å². The Balaban J connectivity index is -0.0000000267. The molecule has 0 aromatic carbocycles. The first-order chi connectivity index (χ1) is 2.00. The fraction of sp³-hybridized carbons (Fsp3) is 0. The van der Waals surface area contributed by atoms with Crippen molar-refractivity contribution >= 4 is 9.90 Å². The number of hydrogen-bond donors (Lipinski definition) is 0. The van der Waals surface area contributed by atoms with Crippen molar-refractivity contribution in [3.05, 3.63) is 0 Å². The molecular weight excluding hydrogens is 545 g/mol. The van der Waals surface area contributed by atoms with E-state index in [2.05, 4.69) is 0 Å². The van der Waals surface area contributed by atoms with E-state index in [-0.39, 0.29) is 148 Å². The Morgan fingerprint density at radius 2 is 1.00 bits per heavy atom. The third-order valence-electron chi connectivity index (χ3n) is 0. The molecule has 40 valence electrons. The van der Waals surface area contributed by atoms with E-state index in [0.29, 0.717) is 0 Å². The van der Waals surface area contributed by atoms with Crippen LogP contribution in [0.5, 0.6) is 0 Å². The second-order valence-corrected chi connectivity index (χ2v) is 3.34. The Hall–Kier alpha value is 4.74. The maximum absolute atomic E-state index is 8.65. The summed E-state index contributed by atoms with van der Waals surface area (Å²) in [6.45, 7) is 0. The van der Waals surface area contributed by atoms with Crippen LogP contribution in [0.25, 0.3) is 0 Å². The third-order valence-corrected chi connectivity index (χ3v) is 0. The van der Waals surface area contributed by atoms with Gasteiger partial charge in [0, 0.05) is 0 Å². The number of rotatable bonds is 0. The molecule has 0 amide bonds. The Morgan fingerprint density at radius 1 is 1.00 bits per heavy atom. The summed E-state index contributed by atoms with van der Waals surface area (Å²) in [5, 5.41) is 0. The molecule has 0 aromatic rings. The fourth-order valence-corrected chi connectivity index (χ4v) is 0. The van der Waals surface area contributed by atoms with E-state index in [1.165, 1.54) is 0 Å². The van der Waals surface area contributed by atoms with Crippen molar-refractivity contribution in [2.45, 2.75) is 0 Å². The minimum atomic E-state index is -6.17. The van der Waals surface area contributed by atoms with Crippen LogP contribution in [0.1, 0.15) is 0 Å². The van der Waals surface area contributed by atoms with Crippen LogP contribution in [0, 0.1) is 0 Å². The zero-order valence-corrected chi connectivity index (χ0v) is 21.7. The van der Waals surface area contributed by atoms with Crippen LogP contribution >= 0.6 is 9.90 Å². The standard InChI is InChI=1S/2Cs.4O.H3P.W/h;;;;;;1H3;/q2*+1;;;2*-1;;. The molecule has 0 fully saturated rings. The van der Waals surface area contributed by atoms with Crippen LogP contribution < -0.4 is 145 Å². The van der Waals surface area contributed by atoms with Gasteiger partial charge in [-0.2, -0.15) is 9.90 Å². The monoisotopic (exact) mass is 548 g/mol. The van der Waals surface area contributed by atoms with E-state index in [4.69, 9.17) is 14.3 Å². The van der Waals surface area contributed by atoms with Gasteiger partial charge >= 0.3 is 169 Å². The van der Waals surface area contributed by atoms with Crippen molar-refractivity contribution in [2.75, 3.05) is 0 Å². The molecule has 8 heteroatoms. The van der Waals surface area contributed by atoms with Gasteiger partial charge in [-0.15, -0.1) is 0 Å². The number of hydrogen-bond acceptors (Lipinski definition) is 4. The summed E-state index contributed by atoms with van der Waals surface area (Å²) in [5.74, 6) is 0. The van der Waals surface area contributed by atoms with Gasteiger partial charge in [0.25, 0.3) is 0 Å². The average molecular weight is 548 g/mol. The molecule has 4 nitrogen and oxygen atoms in total. The van der Waals surface area contributed by atoms with Crippen molar-refractivity contribution in [1.29, 1.82) is 0 Å². The average Bonchev–Trinajstić information content (AvgIpc) is 0.722. The van der Waals surface area contributed by atoms with Gasteiger partial charge in [-0.05, 0) is 0 Å². The van der Waals surface area contributed by atoms with E-state index in [0.717, 1.165) is 0 Å². The Bertz CT molecular complexity index is 97.2. The van der Waals surface area contributed by atoms with Gasteiger partial charge in [-0.3, -0.25) is 0 Å². The first-order valence-electron chi connectivity index (χ1n) is 0.667. The van der Waals surface area contributed by atoms with Gasteiger partial charge in [-0.25, -0.2) is 0 Å². The Labute approximate surface area is 172 Å². The Kier molecular flexibility index (Phi) is 33.7. The molecule has 1 atom stereocenters. The molecule has 0 aliphatic rings. The topological polar surface area (TPSA) is 80.3 Å². The van der Waals surface area contributed by atoms with Gasteiger partial charge in [0.2, 0.25) is 0 Å². The quantitative estimate of drug-likeness (QED) is 0.282. The normalized spacial score (nSPS) is 7.25. The SMILES string of the molecule is P.[Cs+].[Cs+].[O]=[W](=[O])([O-])[O-]. The summed E-state index contributed by atoms with van der Waals surface area (Å²) in [7, 11) is 0. The molecule has 0 aromatic heterocycles. The van der Waals surface area contributed by atoms with Crippen LogP contribution in [-0.2, 0) is 23.5 Å². The summed E-state index contributed by atoms with van der Waals surface area (Å²) in [6, 6.07) is 0. The zero-order chi connectivity index (χ0) is 4.50. The molecule has 0 aliphatic carbocycles. The fourth-order valence-electron chi connectivity index (χ4n) is 0. The summed E-state index contributed by atoms with van der Waals surface area (Å²) < 4.78 is 34.6. The van der Waals surface area contributed by atoms with Crippen molar-refractivity contribution in [3.63, 3.8) is 0 Å². The van der Waals surface area contributed by atoms with Gasteiger partial charge in [0.15, 0.2) is 0 Å². The van der Waals surface area contributed by atoms with Crippen molar-refractivity contribution in [1.82, 2.24) is 0 Å². The summed E-state index contributed by atoms with van der Waals surface area (Å²) in [6.07, 6.45) is 0. The van der Waals surface area contributed by atoms with Crippen molar-refractivity contribution in [2.24, 2.45) is 0 Å². The van der Waals surface area contributed by atoms with Crippen LogP contribution in [-0.4, -0.2) is 0 Å². The van der Waals surface area contributed by atoms with E-state index in [9.17, 15) is 0 Å². The first-order valence-corrected chi connectivity index (χ1v) is 5.46. The summed E-state index contributed by atoms with van der Waals surface area (Å²) >= 11 is -6.17. The van der Waals surface area contributed by atoms with Crippen LogP contribution in [0.2, 0.25) is 0 Å². The second-order valence-electron chi connectivity index (χ2n) is 0.408. The third kappa shape index (κ3) is 45.3. The van der Waals surface area contributed by atoms with Crippen molar-refractivity contribution < 1.29 is 169 Å². The van der Waals surface area contributed by atoms with E-state index in [1.807, 2.05) is 0 Å². The van der Waals surface area contributed by atoms with Crippen molar-refractivity contribution in [3.8, 4) is 0 Å². The molecule has 0 bridgehead atoms. The van der Waals surface area contributed by atoms with Crippen LogP contribution in [0.15, 0.2) is 0 Å². The van der Waals surface area contributed by atoms with Gasteiger partial charge < -0.3 is 0 Å². The molecule has 0 radical (unpaired) electrons. The minimum absolute atomic E-state index is 0. The molecule has 1 unspecified atom stereocenters. The zero-order valence-electron chi connectivity index (χ0n) is 4.75. The molecule has 0 rings (SSSR count). The Morgan fingerprint density at radius 3 is 1.00 bits per heavy atom. The summed E-state index contributed by atoms with van der Waals surface area (Å²) in [4.78, 5) is 0. The molecule has 0 aliphatic heterocycles. The predicted molar refractivity (Wildman–Crippen MR) is 12.5 cm³/mol.